The van der Waals surface area contributed by atoms with Gasteiger partial charge < -0.3 is 10.1 Å². The third-order valence-corrected chi connectivity index (χ3v) is 8.10. The Bertz CT molecular complexity index is 1110. The second-order valence-corrected chi connectivity index (χ2v) is 9.76. The van der Waals surface area contributed by atoms with E-state index in [-0.39, 0.29) is 0 Å². The number of sulfonamides is 1. The number of para-hydroxylation sites is 2. The van der Waals surface area contributed by atoms with Gasteiger partial charge in [0.25, 0.3) is 0 Å². The molecule has 1 fully saturated rings. The Hall–Kier alpha value is -2.23. The van der Waals surface area contributed by atoms with Crippen molar-refractivity contribution in [2.45, 2.75) is 31.1 Å². The number of aromatic nitrogens is 2. The van der Waals surface area contributed by atoms with Gasteiger partial charge in [-0.3, -0.25) is 0 Å². The van der Waals surface area contributed by atoms with Gasteiger partial charge in [0.2, 0.25) is 10.0 Å². The average molecular weight is 419 g/mol. The minimum Gasteiger partial charge on any atom is -0.495 e. The summed E-state index contributed by atoms with van der Waals surface area (Å²) < 4.78 is 33.9. The first kappa shape index (κ1) is 19.1. The molecule has 0 atom stereocenters. The lowest BCUT2D eigenvalue weighted by atomic mass is 10.2. The fraction of sp³-hybridized carbons (Fsp3) is 0.368. The predicted molar refractivity (Wildman–Crippen MR) is 111 cm³/mol. The largest absolute Gasteiger partial charge is 0.495 e. The molecule has 0 spiro atoms. The van der Waals surface area contributed by atoms with E-state index in [1.807, 2.05) is 31.2 Å². The summed E-state index contributed by atoms with van der Waals surface area (Å²) in [6.45, 7) is 2.94. The van der Waals surface area contributed by atoms with E-state index in [1.54, 1.807) is 11.4 Å². The van der Waals surface area contributed by atoms with Gasteiger partial charge in [-0.15, -0.1) is 11.3 Å². The molecule has 1 saturated heterocycles. The van der Waals surface area contributed by atoms with Crippen LogP contribution in [0.1, 0.15) is 24.1 Å². The van der Waals surface area contributed by atoms with E-state index in [4.69, 9.17) is 4.74 Å². The first-order chi connectivity index (χ1) is 13.5. The van der Waals surface area contributed by atoms with Gasteiger partial charge in [-0.2, -0.15) is 4.31 Å². The van der Waals surface area contributed by atoms with Crippen LogP contribution in [-0.4, -0.2) is 42.9 Å². The molecule has 0 saturated carbocycles. The summed E-state index contributed by atoms with van der Waals surface area (Å²) in [5.41, 5.74) is 0.718. The summed E-state index contributed by atoms with van der Waals surface area (Å²) in [5, 5.41) is 3.79. The van der Waals surface area contributed by atoms with E-state index < -0.39 is 10.0 Å². The third-order valence-electron chi connectivity index (χ3n) is 4.88. The van der Waals surface area contributed by atoms with Crippen LogP contribution in [0, 0.1) is 6.92 Å². The summed E-state index contributed by atoms with van der Waals surface area (Å²) in [4.78, 5) is 10.4. The number of nitrogens with one attached hydrogen (secondary N) is 1. The molecule has 0 aliphatic carbocycles. The Morgan fingerprint density at radius 3 is 2.64 bits per heavy atom. The zero-order chi connectivity index (χ0) is 19.7. The van der Waals surface area contributed by atoms with Crippen molar-refractivity contribution in [3.8, 4) is 5.75 Å². The summed E-state index contributed by atoms with van der Waals surface area (Å²) in [7, 11) is -2.02. The number of methoxy groups -OCH3 is 1. The first-order valence-electron chi connectivity index (χ1n) is 9.16. The van der Waals surface area contributed by atoms with Crippen molar-refractivity contribution < 1.29 is 13.2 Å². The Labute approximate surface area is 168 Å². The molecule has 1 N–H and O–H groups in total. The van der Waals surface area contributed by atoms with E-state index in [0.717, 1.165) is 29.8 Å². The van der Waals surface area contributed by atoms with E-state index in [2.05, 4.69) is 15.3 Å². The number of fused-ring (bicyclic) bond motifs is 1. The highest BCUT2D eigenvalue weighted by molar-refractivity contribution is 7.89. The minimum atomic E-state index is -3.61. The number of ether oxygens (including phenoxy) is 1. The molecule has 1 aromatic carbocycles. The molecule has 28 heavy (non-hydrogen) atoms. The summed E-state index contributed by atoms with van der Waals surface area (Å²) in [6, 6.07) is 7.46. The van der Waals surface area contributed by atoms with Crippen LogP contribution < -0.4 is 10.1 Å². The van der Waals surface area contributed by atoms with Crippen LogP contribution in [0.25, 0.3) is 10.2 Å². The number of nitrogens with zero attached hydrogens (tertiary/aromatic N) is 3. The molecule has 0 amide bonds. The smallest absolute Gasteiger partial charge is 0.244 e. The fourth-order valence-electron chi connectivity index (χ4n) is 3.53. The predicted octanol–water partition coefficient (Wildman–Crippen LogP) is 3.93. The van der Waals surface area contributed by atoms with Crippen LogP contribution >= 0.6 is 11.3 Å². The summed E-state index contributed by atoms with van der Waals surface area (Å²) >= 11 is 1.38. The lowest BCUT2D eigenvalue weighted by molar-refractivity contribution is 0.347. The number of aryl methyl sites for hydroxylation is 1. The van der Waals surface area contributed by atoms with Crippen LogP contribution in [0.5, 0.6) is 5.75 Å². The third kappa shape index (κ3) is 3.34. The molecule has 9 heteroatoms. The van der Waals surface area contributed by atoms with Gasteiger partial charge in [0.05, 0.1) is 18.2 Å². The number of benzene rings is 1. The lowest BCUT2D eigenvalue weighted by Crippen LogP contribution is -2.35. The van der Waals surface area contributed by atoms with Gasteiger partial charge in [-0.25, -0.2) is 18.4 Å². The van der Waals surface area contributed by atoms with Crippen molar-refractivity contribution in [2.75, 3.05) is 25.5 Å². The quantitative estimate of drug-likeness (QED) is 0.676. The van der Waals surface area contributed by atoms with Crippen molar-refractivity contribution in [3.05, 3.63) is 35.5 Å². The maximum absolute atomic E-state index is 13.4. The number of hydrogen-bond donors (Lipinski definition) is 1. The Balaban J connectivity index is 1.85. The summed E-state index contributed by atoms with van der Waals surface area (Å²) in [5.74, 6) is 1.12. The molecule has 0 radical (unpaired) electrons. The molecule has 1 aliphatic heterocycles. The Kier molecular flexibility index (Phi) is 5.22. The molecular formula is C19H22N4O3S2. The molecule has 0 bridgehead atoms. The monoisotopic (exact) mass is 418 g/mol. The van der Waals surface area contributed by atoms with Gasteiger partial charge >= 0.3 is 0 Å². The second-order valence-electron chi connectivity index (χ2n) is 6.68. The van der Waals surface area contributed by atoms with Crippen molar-refractivity contribution in [3.63, 3.8) is 0 Å². The Morgan fingerprint density at radius 1 is 1.14 bits per heavy atom. The lowest BCUT2D eigenvalue weighted by Gasteiger charge is -2.26. The van der Waals surface area contributed by atoms with E-state index >= 15 is 0 Å². The maximum Gasteiger partial charge on any atom is 0.244 e. The van der Waals surface area contributed by atoms with Gasteiger partial charge in [0.15, 0.2) is 0 Å². The van der Waals surface area contributed by atoms with Crippen LogP contribution in [-0.2, 0) is 10.0 Å². The molecule has 4 rings (SSSR count). The molecule has 148 valence electrons. The topological polar surface area (TPSA) is 84.4 Å². The van der Waals surface area contributed by atoms with Crippen LogP contribution in [0.3, 0.4) is 0 Å². The van der Waals surface area contributed by atoms with Crippen LogP contribution in [0.2, 0.25) is 0 Å². The van der Waals surface area contributed by atoms with E-state index in [1.165, 1.54) is 17.7 Å². The zero-order valence-corrected chi connectivity index (χ0v) is 17.4. The van der Waals surface area contributed by atoms with E-state index in [9.17, 15) is 8.42 Å². The first-order valence-corrected chi connectivity index (χ1v) is 11.4. The Morgan fingerprint density at radius 2 is 1.89 bits per heavy atom. The van der Waals surface area contributed by atoms with Crippen LogP contribution in [0.15, 0.2) is 35.5 Å². The molecule has 3 aromatic rings. The number of thiophene rings is 1. The van der Waals surface area contributed by atoms with Crippen molar-refractivity contribution in [2.24, 2.45) is 0 Å². The van der Waals surface area contributed by atoms with Gasteiger partial charge in [0, 0.05) is 18.0 Å². The minimum absolute atomic E-state index is 0.312. The fourth-order valence-corrected chi connectivity index (χ4v) is 6.74. The van der Waals surface area contributed by atoms with Crippen molar-refractivity contribution >= 4 is 43.1 Å². The molecule has 7 nitrogen and oxygen atoms in total. The standard InChI is InChI=1S/C19H22N4O3S2/c1-13-17(28(24,25)23-10-6-3-7-11-23)16-18(20-12-21-19(16)27-13)22-14-8-4-5-9-15(14)26-2/h4-5,8-9,12H,3,6-7,10-11H2,1-2H3,(H,20,21,22). The molecule has 0 unspecified atom stereocenters. The molecule has 2 aromatic heterocycles. The van der Waals surface area contributed by atoms with Gasteiger partial charge in [0.1, 0.15) is 27.6 Å². The highest BCUT2D eigenvalue weighted by Gasteiger charge is 2.32. The number of rotatable bonds is 5. The molecule has 3 heterocycles. The van der Waals surface area contributed by atoms with Crippen molar-refractivity contribution in [1.29, 1.82) is 0 Å². The van der Waals surface area contributed by atoms with Gasteiger partial charge in [-0.05, 0) is 31.9 Å². The van der Waals surface area contributed by atoms with Crippen LogP contribution in [0.4, 0.5) is 11.5 Å². The normalized spacial score (nSPS) is 15.6. The van der Waals surface area contributed by atoms with Crippen molar-refractivity contribution in [1.82, 2.24) is 14.3 Å². The van der Waals surface area contributed by atoms with Gasteiger partial charge in [-0.1, -0.05) is 18.6 Å². The number of anilines is 2. The second kappa shape index (κ2) is 7.65. The number of hydrogen-bond acceptors (Lipinski definition) is 7. The SMILES string of the molecule is COc1ccccc1Nc1ncnc2sc(C)c(S(=O)(=O)N3CCCCC3)c12. The molecule has 1 aliphatic rings. The highest BCUT2D eigenvalue weighted by atomic mass is 32.2. The average Bonchev–Trinajstić information content (AvgIpc) is 3.06. The summed E-state index contributed by atoms with van der Waals surface area (Å²) in [6.07, 6.45) is 4.30. The highest BCUT2D eigenvalue weighted by Crippen LogP contribution is 2.40. The van der Waals surface area contributed by atoms with E-state index in [0.29, 0.717) is 39.8 Å². The molecular weight excluding hydrogens is 396 g/mol. The maximum atomic E-state index is 13.4. The number of piperidine rings is 1. The zero-order valence-electron chi connectivity index (χ0n) is 15.8.